The minimum absolute atomic E-state index is 0.232. The fourth-order valence-electron chi connectivity index (χ4n) is 3.24. The molecule has 2 N–H and O–H groups in total. The number of H-pyrrole nitrogens is 1. The number of hydrogen-bond acceptors (Lipinski definition) is 5. The van der Waals surface area contributed by atoms with Crippen molar-refractivity contribution in [3.8, 4) is 0 Å². The largest absolute Gasteiger partial charge is 0.417 e. The van der Waals surface area contributed by atoms with Crippen molar-refractivity contribution < 1.29 is 22.8 Å². The van der Waals surface area contributed by atoms with Crippen molar-refractivity contribution >= 4 is 34.3 Å². The Morgan fingerprint density at radius 3 is 2.38 bits per heavy atom. The first kappa shape index (κ1) is 18.7. The van der Waals surface area contributed by atoms with Crippen LogP contribution in [-0.2, 0) is 9.59 Å². The second-order valence-electron chi connectivity index (χ2n) is 6.59. The number of benzene rings is 2. The lowest BCUT2D eigenvalue weighted by atomic mass is 10.2. The van der Waals surface area contributed by atoms with Gasteiger partial charge in [0.15, 0.2) is 5.58 Å². The van der Waals surface area contributed by atoms with Crippen molar-refractivity contribution in [3.05, 3.63) is 58.6 Å². The van der Waals surface area contributed by atoms with Crippen LogP contribution in [-0.4, -0.2) is 47.9 Å². The molecule has 1 aliphatic heterocycles. The van der Waals surface area contributed by atoms with Gasteiger partial charge in [0.25, 0.3) is 0 Å². The minimum Gasteiger partial charge on any atom is -0.408 e. The number of aromatic amines is 1. The van der Waals surface area contributed by atoms with Crippen molar-refractivity contribution in [2.75, 3.05) is 36.4 Å². The Morgan fingerprint density at radius 1 is 1.00 bits per heavy atom. The number of anilines is 2. The molecule has 1 aromatic heterocycles. The number of nitrogens with one attached hydrogen (secondary N) is 2. The highest BCUT2D eigenvalue weighted by Crippen LogP contribution is 2.20. The molecule has 0 unspecified atom stereocenters. The van der Waals surface area contributed by atoms with Gasteiger partial charge in [-0.2, -0.15) is 0 Å². The summed E-state index contributed by atoms with van der Waals surface area (Å²) in [7, 11) is 0. The number of oxazole rings is 1. The molecular weight excluding hydrogens is 386 g/mol. The van der Waals surface area contributed by atoms with Crippen molar-refractivity contribution in [1.82, 2.24) is 9.88 Å². The lowest BCUT2D eigenvalue weighted by Crippen LogP contribution is -2.51. The maximum Gasteiger partial charge on any atom is 0.417 e. The first-order valence-corrected chi connectivity index (χ1v) is 8.83. The van der Waals surface area contributed by atoms with Crippen LogP contribution in [0.5, 0.6) is 0 Å². The average Bonchev–Trinajstić information content (AvgIpc) is 3.06. The second-order valence-corrected chi connectivity index (χ2v) is 6.59. The maximum absolute atomic E-state index is 13.4. The Balaban J connectivity index is 1.38. The van der Waals surface area contributed by atoms with E-state index in [4.69, 9.17) is 4.42 Å². The van der Waals surface area contributed by atoms with E-state index in [1.165, 1.54) is 29.2 Å². The molecule has 29 heavy (non-hydrogen) atoms. The molecule has 0 radical (unpaired) electrons. The Kier molecular flexibility index (Phi) is 4.75. The molecule has 1 saturated heterocycles. The molecule has 1 aliphatic rings. The summed E-state index contributed by atoms with van der Waals surface area (Å²) in [5.74, 6) is -3.50. The van der Waals surface area contributed by atoms with E-state index in [0.717, 1.165) is 6.07 Å². The van der Waals surface area contributed by atoms with Crippen molar-refractivity contribution in [3.63, 3.8) is 0 Å². The molecule has 2 aromatic carbocycles. The number of carbonyl (C=O) groups is 2. The normalized spacial score (nSPS) is 14.3. The van der Waals surface area contributed by atoms with Gasteiger partial charge in [0.1, 0.15) is 11.6 Å². The Labute approximate surface area is 162 Å². The molecule has 0 atom stereocenters. The van der Waals surface area contributed by atoms with Crippen LogP contribution in [0.15, 0.2) is 45.6 Å². The molecule has 2 amide bonds. The van der Waals surface area contributed by atoms with Gasteiger partial charge in [-0.3, -0.25) is 14.6 Å². The zero-order valence-corrected chi connectivity index (χ0v) is 15.1. The summed E-state index contributed by atoms with van der Waals surface area (Å²) in [6, 6.07) is 7.77. The maximum atomic E-state index is 13.4. The zero-order chi connectivity index (χ0) is 20.5. The lowest BCUT2D eigenvalue weighted by molar-refractivity contribution is -0.143. The Hall–Kier alpha value is -3.69. The first-order valence-electron chi connectivity index (χ1n) is 8.83. The van der Waals surface area contributed by atoms with Crippen LogP contribution in [0, 0.1) is 11.6 Å². The number of carbonyl (C=O) groups excluding carboxylic acids is 2. The van der Waals surface area contributed by atoms with Gasteiger partial charge in [0.2, 0.25) is 0 Å². The summed E-state index contributed by atoms with van der Waals surface area (Å²) in [4.78, 5) is 41.5. The van der Waals surface area contributed by atoms with E-state index in [2.05, 4.69) is 10.3 Å². The molecule has 0 spiro atoms. The summed E-state index contributed by atoms with van der Waals surface area (Å²) in [6.07, 6.45) is 0. The third-order valence-corrected chi connectivity index (χ3v) is 4.65. The highest BCUT2D eigenvalue weighted by atomic mass is 19.1. The van der Waals surface area contributed by atoms with Gasteiger partial charge in [0.05, 0.1) is 5.52 Å². The molecule has 8 nitrogen and oxygen atoms in total. The highest BCUT2D eigenvalue weighted by molar-refractivity contribution is 6.39. The van der Waals surface area contributed by atoms with Gasteiger partial charge in [-0.25, -0.2) is 13.6 Å². The van der Waals surface area contributed by atoms with Crippen LogP contribution in [0.2, 0.25) is 0 Å². The smallest absolute Gasteiger partial charge is 0.408 e. The fraction of sp³-hybridized carbons (Fsp3) is 0.211. The van der Waals surface area contributed by atoms with Crippen molar-refractivity contribution in [1.29, 1.82) is 0 Å². The topological polar surface area (TPSA) is 98.6 Å². The van der Waals surface area contributed by atoms with Gasteiger partial charge >= 0.3 is 17.6 Å². The quantitative estimate of drug-likeness (QED) is 0.636. The van der Waals surface area contributed by atoms with E-state index in [1.807, 2.05) is 0 Å². The molecule has 2 heterocycles. The monoisotopic (exact) mass is 402 g/mol. The van der Waals surface area contributed by atoms with Gasteiger partial charge in [-0.1, -0.05) is 0 Å². The SMILES string of the molecule is O=C(Nc1ccc2[nH]c(=O)oc2c1)C(=O)N1CCN(c2cc(F)cc(F)c2)CC1. The summed E-state index contributed by atoms with van der Waals surface area (Å²) in [6.45, 7) is 1.14. The summed E-state index contributed by atoms with van der Waals surface area (Å²) in [5.41, 5.74) is 1.44. The van der Waals surface area contributed by atoms with Gasteiger partial charge in [-0.05, 0) is 24.3 Å². The number of aromatic nitrogens is 1. The van der Waals surface area contributed by atoms with E-state index in [-0.39, 0.29) is 18.7 Å². The van der Waals surface area contributed by atoms with Crippen LogP contribution in [0.4, 0.5) is 20.2 Å². The van der Waals surface area contributed by atoms with E-state index in [1.54, 1.807) is 11.0 Å². The molecule has 0 saturated carbocycles. The average molecular weight is 402 g/mol. The van der Waals surface area contributed by atoms with E-state index >= 15 is 0 Å². The number of rotatable bonds is 2. The highest BCUT2D eigenvalue weighted by Gasteiger charge is 2.26. The van der Waals surface area contributed by atoms with E-state index in [9.17, 15) is 23.2 Å². The molecule has 3 aromatic rings. The Bertz CT molecular complexity index is 1130. The zero-order valence-electron chi connectivity index (χ0n) is 15.1. The van der Waals surface area contributed by atoms with Crippen LogP contribution in [0.25, 0.3) is 11.1 Å². The van der Waals surface area contributed by atoms with Crippen LogP contribution in [0.1, 0.15) is 0 Å². The van der Waals surface area contributed by atoms with Gasteiger partial charge in [0, 0.05) is 49.7 Å². The number of nitrogens with zero attached hydrogens (tertiary/aromatic N) is 2. The third-order valence-electron chi connectivity index (χ3n) is 4.65. The first-order chi connectivity index (χ1) is 13.9. The van der Waals surface area contributed by atoms with E-state index in [0.29, 0.717) is 30.0 Å². The molecule has 1 fully saturated rings. The second kappa shape index (κ2) is 7.38. The standard InChI is InChI=1S/C19H16F2N4O4/c20-11-7-12(21)9-14(8-11)24-3-5-25(6-4-24)18(27)17(26)22-13-1-2-15-16(10-13)29-19(28)23-15/h1-2,7-10H,3-6H2,(H,22,26)(H,23,28). The van der Waals surface area contributed by atoms with Gasteiger partial charge in [-0.15, -0.1) is 0 Å². The number of hydrogen-bond donors (Lipinski definition) is 2. The van der Waals surface area contributed by atoms with Crippen LogP contribution < -0.4 is 16.0 Å². The summed E-state index contributed by atoms with van der Waals surface area (Å²) >= 11 is 0. The molecule has 0 aliphatic carbocycles. The number of piperazine rings is 1. The predicted molar refractivity (Wildman–Crippen MR) is 101 cm³/mol. The number of halogens is 2. The number of amides is 2. The molecule has 0 bridgehead atoms. The van der Waals surface area contributed by atoms with Gasteiger partial charge < -0.3 is 19.5 Å². The molecule has 4 rings (SSSR count). The molecular formula is C19H16F2N4O4. The van der Waals surface area contributed by atoms with Crippen LogP contribution in [0.3, 0.4) is 0 Å². The predicted octanol–water partition coefficient (Wildman–Crippen LogP) is 1.69. The Morgan fingerprint density at radius 2 is 1.69 bits per heavy atom. The fourth-order valence-corrected chi connectivity index (χ4v) is 3.24. The lowest BCUT2D eigenvalue weighted by Gasteiger charge is -2.35. The summed E-state index contributed by atoms with van der Waals surface area (Å²) < 4.78 is 31.7. The number of fused-ring (bicyclic) bond motifs is 1. The third kappa shape index (κ3) is 3.96. The summed E-state index contributed by atoms with van der Waals surface area (Å²) in [5, 5.41) is 2.48. The van der Waals surface area contributed by atoms with E-state index < -0.39 is 29.2 Å². The minimum atomic E-state index is -0.826. The molecule has 150 valence electrons. The van der Waals surface area contributed by atoms with Crippen LogP contribution >= 0.6 is 0 Å². The van der Waals surface area contributed by atoms with Crippen molar-refractivity contribution in [2.45, 2.75) is 0 Å². The van der Waals surface area contributed by atoms with Crippen molar-refractivity contribution in [2.24, 2.45) is 0 Å². The molecule has 10 heteroatoms.